The fourth-order valence-electron chi connectivity index (χ4n) is 2.06. The van der Waals surface area contributed by atoms with Crippen molar-refractivity contribution in [1.82, 2.24) is 0 Å². The van der Waals surface area contributed by atoms with E-state index >= 15 is 0 Å². The van der Waals surface area contributed by atoms with Crippen molar-refractivity contribution in [2.24, 2.45) is 0 Å². The molecule has 3 nitrogen and oxygen atoms in total. The van der Waals surface area contributed by atoms with Crippen LogP contribution in [0.5, 0.6) is 0 Å². The van der Waals surface area contributed by atoms with Crippen molar-refractivity contribution >= 4 is 28.5 Å². The maximum Gasteiger partial charge on any atom is 0.185 e. The van der Waals surface area contributed by atoms with E-state index in [9.17, 15) is 15.0 Å². The van der Waals surface area contributed by atoms with Gasteiger partial charge in [-0.3, -0.25) is 4.79 Å². The smallest absolute Gasteiger partial charge is 0.185 e. The number of hydrogen-bond acceptors (Lipinski definition) is 4. The summed E-state index contributed by atoms with van der Waals surface area (Å²) in [5.41, 5.74) is 2.52. The van der Waals surface area contributed by atoms with E-state index in [2.05, 4.69) is 0 Å². The molecule has 0 aromatic heterocycles. The van der Waals surface area contributed by atoms with Crippen molar-refractivity contribution in [3.8, 4) is 11.1 Å². The highest BCUT2D eigenvalue weighted by Gasteiger charge is 2.19. The molecular formula is C17H17ClO3S. The largest absolute Gasteiger partial charge is 0.389 e. The summed E-state index contributed by atoms with van der Waals surface area (Å²) in [6, 6.07) is 14.7. The number of benzene rings is 2. The Morgan fingerprint density at radius 2 is 1.82 bits per heavy atom. The third kappa shape index (κ3) is 4.58. The molecule has 0 aliphatic carbocycles. The van der Waals surface area contributed by atoms with Crippen molar-refractivity contribution in [2.75, 3.05) is 5.75 Å². The first-order valence-corrected chi connectivity index (χ1v) is 8.19. The second-order valence-corrected chi connectivity index (χ2v) is 6.58. The number of carbonyl (C=O) groups is 1. The zero-order valence-electron chi connectivity index (χ0n) is 12.1. The van der Waals surface area contributed by atoms with Crippen molar-refractivity contribution in [2.45, 2.75) is 19.1 Å². The standard InChI is InChI=1S/C17H17ClO3S/c1-11(19)22-10-16(20)17(21)14-4-2-3-13(9-14)12-5-7-15(18)8-6-12/h2-9,16-17,20-21H,10H2,1H3. The normalized spacial score (nSPS) is 13.6. The van der Waals surface area contributed by atoms with E-state index in [4.69, 9.17) is 11.6 Å². The quantitative estimate of drug-likeness (QED) is 0.874. The minimum Gasteiger partial charge on any atom is -0.389 e. The van der Waals surface area contributed by atoms with Crippen LogP contribution in [0.25, 0.3) is 11.1 Å². The maximum atomic E-state index is 10.9. The van der Waals surface area contributed by atoms with Gasteiger partial charge < -0.3 is 10.2 Å². The van der Waals surface area contributed by atoms with Gasteiger partial charge in [0.25, 0.3) is 0 Å². The summed E-state index contributed by atoms with van der Waals surface area (Å²) in [4.78, 5) is 10.9. The average Bonchev–Trinajstić information content (AvgIpc) is 2.52. The molecule has 0 bridgehead atoms. The van der Waals surface area contributed by atoms with Gasteiger partial charge in [-0.05, 0) is 34.9 Å². The van der Waals surface area contributed by atoms with Crippen LogP contribution in [0.2, 0.25) is 5.02 Å². The summed E-state index contributed by atoms with van der Waals surface area (Å²) < 4.78 is 0. The molecule has 0 radical (unpaired) electrons. The molecule has 0 saturated carbocycles. The minimum absolute atomic E-state index is 0.0823. The molecule has 0 fully saturated rings. The molecule has 2 rings (SSSR count). The first-order chi connectivity index (χ1) is 10.5. The molecule has 2 aromatic rings. The van der Waals surface area contributed by atoms with Crippen LogP contribution in [0.1, 0.15) is 18.6 Å². The number of aliphatic hydroxyl groups excluding tert-OH is 2. The van der Waals surface area contributed by atoms with Gasteiger partial charge in [0.2, 0.25) is 0 Å². The average molecular weight is 337 g/mol. The Balaban J connectivity index is 2.17. The topological polar surface area (TPSA) is 57.5 Å². The SMILES string of the molecule is CC(=O)SCC(O)C(O)c1cccc(-c2ccc(Cl)cc2)c1. The van der Waals surface area contributed by atoms with Crippen LogP contribution in [0.4, 0.5) is 0 Å². The highest BCUT2D eigenvalue weighted by Crippen LogP contribution is 2.26. The lowest BCUT2D eigenvalue weighted by Crippen LogP contribution is -2.21. The molecule has 0 amide bonds. The van der Waals surface area contributed by atoms with E-state index in [1.54, 1.807) is 18.2 Å². The van der Waals surface area contributed by atoms with Crippen LogP contribution in [0.3, 0.4) is 0 Å². The van der Waals surface area contributed by atoms with Crippen molar-refractivity contribution < 1.29 is 15.0 Å². The second kappa shape index (κ2) is 7.79. The third-order valence-corrected chi connectivity index (χ3v) is 4.39. The van der Waals surface area contributed by atoms with Gasteiger partial charge >= 0.3 is 0 Å². The Morgan fingerprint density at radius 3 is 2.45 bits per heavy atom. The lowest BCUT2D eigenvalue weighted by Gasteiger charge is -2.18. The Hall–Kier alpha value is -1.33. The molecule has 5 heteroatoms. The van der Waals surface area contributed by atoms with Gasteiger partial charge in [-0.25, -0.2) is 0 Å². The minimum atomic E-state index is -1.03. The molecule has 0 heterocycles. The molecule has 0 aliphatic rings. The molecule has 0 saturated heterocycles. The number of carbonyl (C=O) groups excluding carboxylic acids is 1. The van der Waals surface area contributed by atoms with Crippen molar-refractivity contribution in [3.63, 3.8) is 0 Å². The zero-order chi connectivity index (χ0) is 16.1. The van der Waals surface area contributed by atoms with Gasteiger partial charge in [-0.2, -0.15) is 0 Å². The molecule has 22 heavy (non-hydrogen) atoms. The summed E-state index contributed by atoms with van der Waals surface area (Å²) in [5, 5.41) is 20.8. The maximum absolute atomic E-state index is 10.9. The van der Waals surface area contributed by atoms with Gasteiger partial charge in [-0.1, -0.05) is 53.7 Å². The Labute approximate surface area is 138 Å². The zero-order valence-corrected chi connectivity index (χ0v) is 13.6. The summed E-state index contributed by atoms with van der Waals surface area (Å²) in [7, 11) is 0. The monoisotopic (exact) mass is 336 g/mol. The van der Waals surface area contributed by atoms with Gasteiger partial charge in [0, 0.05) is 17.7 Å². The molecule has 0 spiro atoms. The molecule has 2 atom stereocenters. The Bertz CT molecular complexity index is 643. The van der Waals surface area contributed by atoms with Gasteiger partial charge in [0.1, 0.15) is 6.10 Å². The molecule has 2 N–H and O–H groups in total. The number of thioether (sulfide) groups is 1. The second-order valence-electron chi connectivity index (χ2n) is 4.95. The number of halogens is 1. The fourth-order valence-corrected chi connectivity index (χ4v) is 2.77. The van der Waals surface area contributed by atoms with E-state index in [-0.39, 0.29) is 10.9 Å². The van der Waals surface area contributed by atoms with Gasteiger partial charge in [0.05, 0.1) is 6.10 Å². The van der Waals surface area contributed by atoms with Crippen LogP contribution in [0.15, 0.2) is 48.5 Å². The van der Waals surface area contributed by atoms with E-state index in [1.807, 2.05) is 30.3 Å². The predicted octanol–water partition coefficient (Wildman–Crippen LogP) is 3.68. The molecular weight excluding hydrogens is 320 g/mol. The Kier molecular flexibility index (Phi) is 6.03. The predicted molar refractivity (Wildman–Crippen MR) is 91.0 cm³/mol. The number of hydrogen-bond donors (Lipinski definition) is 2. The van der Waals surface area contributed by atoms with Crippen LogP contribution >= 0.6 is 23.4 Å². The van der Waals surface area contributed by atoms with E-state index in [0.717, 1.165) is 22.9 Å². The molecule has 116 valence electrons. The molecule has 2 aromatic carbocycles. The summed E-state index contributed by atoms with van der Waals surface area (Å²) in [5.74, 6) is 0.168. The van der Waals surface area contributed by atoms with Crippen LogP contribution in [-0.2, 0) is 4.79 Å². The highest BCUT2D eigenvalue weighted by atomic mass is 35.5. The highest BCUT2D eigenvalue weighted by molar-refractivity contribution is 8.13. The van der Waals surface area contributed by atoms with Crippen LogP contribution < -0.4 is 0 Å². The number of rotatable bonds is 5. The lowest BCUT2D eigenvalue weighted by molar-refractivity contribution is -0.109. The third-order valence-electron chi connectivity index (χ3n) is 3.23. The van der Waals surface area contributed by atoms with Crippen molar-refractivity contribution in [1.29, 1.82) is 0 Å². The lowest BCUT2D eigenvalue weighted by atomic mass is 9.99. The van der Waals surface area contributed by atoms with Gasteiger partial charge in [0.15, 0.2) is 5.12 Å². The van der Waals surface area contributed by atoms with Crippen LogP contribution in [0, 0.1) is 0 Å². The van der Waals surface area contributed by atoms with Crippen LogP contribution in [-0.4, -0.2) is 27.2 Å². The first kappa shape index (κ1) is 17.0. The van der Waals surface area contributed by atoms with E-state index in [1.165, 1.54) is 6.92 Å². The summed E-state index contributed by atoms with van der Waals surface area (Å²) >= 11 is 6.88. The van der Waals surface area contributed by atoms with E-state index in [0.29, 0.717) is 10.6 Å². The Morgan fingerprint density at radius 1 is 1.14 bits per heavy atom. The number of aliphatic hydroxyl groups is 2. The van der Waals surface area contributed by atoms with E-state index < -0.39 is 12.2 Å². The molecule has 0 aliphatic heterocycles. The first-order valence-electron chi connectivity index (χ1n) is 6.83. The molecule has 2 unspecified atom stereocenters. The summed E-state index contributed by atoms with van der Waals surface area (Å²) in [6.07, 6.45) is -2.02. The summed E-state index contributed by atoms with van der Waals surface area (Å²) in [6.45, 7) is 1.44. The van der Waals surface area contributed by atoms with Crippen molar-refractivity contribution in [3.05, 3.63) is 59.1 Å². The van der Waals surface area contributed by atoms with Gasteiger partial charge in [-0.15, -0.1) is 0 Å². The fraction of sp³-hybridized carbons (Fsp3) is 0.235.